The Morgan fingerprint density at radius 1 is 0.583 bits per heavy atom. The molecule has 4 aliphatic rings. The van der Waals surface area contributed by atoms with Gasteiger partial charge in [0.05, 0.1) is 11.0 Å². The van der Waals surface area contributed by atoms with E-state index in [1.807, 2.05) is 6.08 Å². The van der Waals surface area contributed by atoms with E-state index in [0.717, 1.165) is 18.3 Å². The fraction of sp³-hybridized carbons (Fsp3) is 0.241. The van der Waals surface area contributed by atoms with Gasteiger partial charge in [0.2, 0.25) is 0 Å². The molecule has 0 saturated heterocycles. The molecule has 0 radical (unpaired) electrons. The molecule has 1 heterocycles. The molecule has 0 amide bonds. The highest BCUT2D eigenvalue weighted by Gasteiger charge is 2.58. The lowest BCUT2D eigenvalue weighted by Gasteiger charge is -2.63. The molecular weight excluding hydrogens is 725 g/mol. The fourth-order valence-electron chi connectivity index (χ4n) is 12.3. The van der Waals surface area contributed by atoms with Gasteiger partial charge in [0.25, 0.3) is 0 Å². The average Bonchev–Trinajstić information content (AvgIpc) is 3.62. The lowest BCUT2D eigenvalue weighted by molar-refractivity contribution is -0.0281. The van der Waals surface area contributed by atoms with Crippen LogP contribution in [0.2, 0.25) is 0 Å². The summed E-state index contributed by atoms with van der Waals surface area (Å²) in [4.78, 5) is 2.48. The van der Waals surface area contributed by atoms with E-state index in [2.05, 4.69) is 193 Å². The fourth-order valence-corrected chi connectivity index (χ4v) is 12.3. The first-order chi connectivity index (χ1) is 29.5. The molecule has 4 fully saturated rings. The van der Waals surface area contributed by atoms with Gasteiger partial charge in [-0.1, -0.05) is 141 Å². The van der Waals surface area contributed by atoms with E-state index in [0.29, 0.717) is 0 Å². The molecule has 2 nitrogen and oxygen atoms in total. The molecule has 1 aromatic heterocycles. The number of fused-ring (bicyclic) bond motifs is 3. The van der Waals surface area contributed by atoms with E-state index in [1.54, 1.807) is 5.56 Å². The Balaban J connectivity index is 1.00. The van der Waals surface area contributed by atoms with E-state index in [1.165, 1.54) is 124 Å². The zero-order chi connectivity index (χ0) is 40.3. The highest BCUT2D eigenvalue weighted by Crippen LogP contribution is 2.66. The molecule has 296 valence electrons. The second kappa shape index (κ2) is 14.9. The van der Waals surface area contributed by atoms with Crippen molar-refractivity contribution in [3.63, 3.8) is 0 Å². The van der Waals surface area contributed by atoms with Gasteiger partial charge in [0.1, 0.15) is 0 Å². The van der Waals surface area contributed by atoms with Crippen LogP contribution in [0.5, 0.6) is 0 Å². The summed E-state index contributed by atoms with van der Waals surface area (Å²) >= 11 is 0. The first-order valence-corrected chi connectivity index (χ1v) is 22.4. The molecule has 4 bridgehead atoms. The van der Waals surface area contributed by atoms with Gasteiger partial charge in [-0.3, -0.25) is 0 Å². The van der Waals surface area contributed by atoms with E-state index in [9.17, 15) is 0 Å². The van der Waals surface area contributed by atoms with Gasteiger partial charge < -0.3 is 9.47 Å². The van der Waals surface area contributed by atoms with Gasteiger partial charge in [-0.05, 0) is 162 Å². The minimum Gasteiger partial charge on any atom is -0.310 e. The number of aromatic nitrogens is 1. The summed E-state index contributed by atoms with van der Waals surface area (Å²) in [7, 11) is 0. The van der Waals surface area contributed by atoms with Crippen LogP contribution in [0.1, 0.15) is 80.5 Å². The molecule has 4 aliphatic carbocycles. The van der Waals surface area contributed by atoms with Crippen LogP contribution < -0.4 is 4.90 Å². The second-order valence-electron chi connectivity index (χ2n) is 18.5. The van der Waals surface area contributed by atoms with Gasteiger partial charge in [0, 0.05) is 33.5 Å². The Kier molecular flexibility index (Phi) is 9.14. The Bertz CT molecular complexity index is 2790. The van der Waals surface area contributed by atoms with Crippen LogP contribution in [0.3, 0.4) is 0 Å². The molecule has 2 atom stereocenters. The Labute approximate surface area is 355 Å². The zero-order valence-electron chi connectivity index (χ0n) is 34.9. The van der Waals surface area contributed by atoms with Gasteiger partial charge in [-0.15, -0.1) is 0 Å². The third kappa shape index (κ3) is 6.31. The highest BCUT2D eigenvalue weighted by molar-refractivity contribution is 6.10. The van der Waals surface area contributed by atoms with Crippen molar-refractivity contribution >= 4 is 44.9 Å². The van der Waals surface area contributed by atoms with Crippen LogP contribution in [-0.2, 0) is 17.3 Å². The molecular formula is C58H54N2. The molecule has 8 aromatic rings. The quantitative estimate of drug-likeness (QED) is 0.127. The smallest absolute Gasteiger partial charge is 0.0561 e. The summed E-state index contributed by atoms with van der Waals surface area (Å²) in [6.07, 6.45) is 13.5. The molecule has 7 aromatic carbocycles. The topological polar surface area (TPSA) is 8.17 Å². The Hall–Kier alpha value is -6.12. The molecule has 0 aliphatic heterocycles. The predicted octanol–water partition coefficient (Wildman–Crippen LogP) is 15.7. The van der Waals surface area contributed by atoms with Crippen LogP contribution in [0.25, 0.3) is 44.7 Å². The number of hydrogen-bond donors (Lipinski definition) is 0. The molecule has 60 heavy (non-hydrogen) atoms. The SMILES string of the molecule is C=Cc1ccc(C23CC4CC(C2)CC(c2ccc(N(c5ccc(CCCC)cc5)c5ccc6c7ccccc7n(-c7ccc(-c8ccccc8)cc7)c6c5)cc2)(C4)C3)cc1. The summed E-state index contributed by atoms with van der Waals surface area (Å²) in [5.74, 6) is 1.61. The number of nitrogens with zero attached hydrogens (tertiary/aromatic N) is 2. The average molecular weight is 779 g/mol. The summed E-state index contributed by atoms with van der Waals surface area (Å²) in [6.45, 7) is 6.30. The maximum atomic E-state index is 4.02. The summed E-state index contributed by atoms with van der Waals surface area (Å²) in [5.41, 5.74) is 15.8. The minimum absolute atomic E-state index is 0.237. The molecule has 12 rings (SSSR count). The van der Waals surface area contributed by atoms with E-state index < -0.39 is 0 Å². The van der Waals surface area contributed by atoms with Gasteiger partial charge in [-0.2, -0.15) is 0 Å². The van der Waals surface area contributed by atoms with E-state index in [-0.39, 0.29) is 10.8 Å². The van der Waals surface area contributed by atoms with Gasteiger partial charge in [0.15, 0.2) is 0 Å². The van der Waals surface area contributed by atoms with Crippen molar-refractivity contribution in [3.05, 3.63) is 199 Å². The standard InChI is InChI=1S/C58H54N2/c1-3-5-11-42-18-26-49(27-19-42)59(50-30-24-48(25-31-50)58-38-43-34-44(39-58)37-57(36-43,40-58)47-22-16-41(4-2)17-23-47)52-32-33-54-53-14-9-10-15-55(53)60(56(54)35-52)51-28-20-46(21-29-51)45-12-7-6-8-13-45/h4,6-10,12-33,35,43-44H,2-3,5,11,34,36-40H2,1H3. The third-order valence-electron chi connectivity index (χ3n) is 14.7. The molecule has 4 saturated carbocycles. The van der Waals surface area contributed by atoms with Crippen molar-refractivity contribution in [2.75, 3.05) is 4.90 Å². The second-order valence-corrected chi connectivity index (χ2v) is 18.5. The predicted molar refractivity (Wildman–Crippen MR) is 254 cm³/mol. The monoisotopic (exact) mass is 778 g/mol. The number of anilines is 3. The lowest BCUT2D eigenvalue weighted by atomic mass is 9.42. The summed E-state index contributed by atoms with van der Waals surface area (Å²) in [5, 5.41) is 2.54. The van der Waals surface area contributed by atoms with Crippen LogP contribution in [-0.4, -0.2) is 4.57 Å². The minimum atomic E-state index is 0.237. The summed E-state index contributed by atoms with van der Waals surface area (Å²) in [6, 6.07) is 64.3. The number of para-hydroxylation sites is 1. The first kappa shape index (κ1) is 36.9. The molecule has 2 unspecified atom stereocenters. The molecule has 0 N–H and O–H groups in total. The van der Waals surface area contributed by atoms with Gasteiger partial charge in [-0.25, -0.2) is 0 Å². The number of benzene rings is 7. The van der Waals surface area contributed by atoms with E-state index >= 15 is 0 Å². The van der Waals surface area contributed by atoms with Crippen molar-refractivity contribution in [2.45, 2.75) is 75.5 Å². The molecule has 2 heteroatoms. The number of unbranched alkanes of at least 4 members (excludes halogenated alkanes) is 1. The molecule has 0 spiro atoms. The van der Waals surface area contributed by atoms with Crippen molar-refractivity contribution < 1.29 is 0 Å². The van der Waals surface area contributed by atoms with Crippen molar-refractivity contribution in [2.24, 2.45) is 11.8 Å². The van der Waals surface area contributed by atoms with E-state index in [4.69, 9.17) is 0 Å². The van der Waals surface area contributed by atoms with Gasteiger partial charge >= 0.3 is 0 Å². The third-order valence-corrected chi connectivity index (χ3v) is 14.7. The van der Waals surface area contributed by atoms with Crippen molar-refractivity contribution in [1.29, 1.82) is 0 Å². The van der Waals surface area contributed by atoms with Crippen LogP contribution >= 0.6 is 0 Å². The van der Waals surface area contributed by atoms with Crippen molar-refractivity contribution in [1.82, 2.24) is 4.57 Å². The number of hydrogen-bond acceptors (Lipinski definition) is 1. The highest BCUT2D eigenvalue weighted by atomic mass is 15.1. The normalized spacial score (nSPS) is 21.8. The number of rotatable bonds is 11. The Morgan fingerprint density at radius 2 is 1.15 bits per heavy atom. The lowest BCUT2D eigenvalue weighted by Crippen LogP contribution is -2.55. The van der Waals surface area contributed by atoms with Crippen LogP contribution in [0, 0.1) is 11.8 Å². The van der Waals surface area contributed by atoms with Crippen molar-refractivity contribution in [3.8, 4) is 16.8 Å². The van der Waals surface area contributed by atoms with Crippen LogP contribution in [0.4, 0.5) is 17.1 Å². The van der Waals surface area contributed by atoms with Crippen LogP contribution in [0.15, 0.2) is 176 Å². The first-order valence-electron chi connectivity index (χ1n) is 22.4. The number of aryl methyl sites for hydroxylation is 1. The largest absolute Gasteiger partial charge is 0.310 e. The summed E-state index contributed by atoms with van der Waals surface area (Å²) < 4.78 is 2.45. The maximum Gasteiger partial charge on any atom is 0.0561 e. The Morgan fingerprint density at radius 3 is 1.80 bits per heavy atom. The zero-order valence-corrected chi connectivity index (χ0v) is 34.9. The maximum absolute atomic E-state index is 4.02.